The smallest absolute Gasteiger partial charge is 0.346 e. The largest absolute Gasteiger partial charge is 0.405 e. The van der Waals surface area contributed by atoms with Crippen LogP contribution in [0.25, 0.3) is 44.3 Å². The number of fused-ring (bicyclic) bond motifs is 3. The van der Waals surface area contributed by atoms with Crippen molar-refractivity contribution in [2.75, 3.05) is 0 Å². The van der Waals surface area contributed by atoms with Crippen LogP contribution in [0.5, 0.6) is 0 Å². The SMILES string of the molecule is CCn1c2oc(=O)c(-c3ccccc3)c(-c3ccccc3)c2c2cccc(Br)c21. The zero-order chi connectivity index (χ0) is 20.0. The molecule has 2 heterocycles. The first-order valence-electron chi connectivity index (χ1n) is 9.59. The lowest BCUT2D eigenvalue weighted by Crippen LogP contribution is -2.07. The molecule has 0 radical (unpaired) electrons. The molecule has 4 heteroatoms. The molecule has 29 heavy (non-hydrogen) atoms. The van der Waals surface area contributed by atoms with Gasteiger partial charge in [0.2, 0.25) is 5.71 Å². The van der Waals surface area contributed by atoms with Crippen LogP contribution in [0.2, 0.25) is 0 Å². The highest BCUT2D eigenvalue weighted by Gasteiger charge is 2.24. The van der Waals surface area contributed by atoms with Gasteiger partial charge < -0.3 is 8.98 Å². The summed E-state index contributed by atoms with van der Waals surface area (Å²) in [6, 6.07) is 26.0. The maximum atomic E-state index is 13.3. The first-order valence-corrected chi connectivity index (χ1v) is 10.4. The van der Waals surface area contributed by atoms with E-state index in [2.05, 4.69) is 33.5 Å². The summed E-state index contributed by atoms with van der Waals surface area (Å²) in [6.45, 7) is 2.76. The van der Waals surface area contributed by atoms with Gasteiger partial charge in [-0.25, -0.2) is 4.79 Å². The first kappa shape index (κ1) is 18.0. The molecule has 0 aliphatic rings. The Morgan fingerprint density at radius 3 is 2.07 bits per heavy atom. The predicted octanol–water partition coefficient (Wildman–Crippen LogP) is 6.86. The van der Waals surface area contributed by atoms with Crippen LogP contribution in [-0.4, -0.2) is 4.57 Å². The molecule has 3 aromatic carbocycles. The number of aryl methyl sites for hydroxylation is 1. The number of nitrogens with zero attached hydrogens (tertiary/aromatic N) is 1. The lowest BCUT2D eigenvalue weighted by molar-refractivity contribution is 0.532. The number of rotatable bonds is 3. The number of benzene rings is 3. The summed E-state index contributed by atoms with van der Waals surface area (Å²) in [5.74, 6) is 0. The van der Waals surface area contributed by atoms with Gasteiger partial charge in [-0.05, 0) is 40.0 Å². The topological polar surface area (TPSA) is 35.1 Å². The second-order valence-electron chi connectivity index (χ2n) is 6.93. The Balaban J connectivity index is 2.08. The summed E-state index contributed by atoms with van der Waals surface area (Å²) >= 11 is 3.69. The molecule has 142 valence electrons. The van der Waals surface area contributed by atoms with Crippen molar-refractivity contribution >= 4 is 37.9 Å². The van der Waals surface area contributed by atoms with Crippen LogP contribution in [0.3, 0.4) is 0 Å². The van der Waals surface area contributed by atoms with Crippen LogP contribution in [0.15, 0.2) is 92.5 Å². The molecule has 0 saturated heterocycles. The average molecular weight is 444 g/mol. The minimum atomic E-state index is -0.323. The van der Waals surface area contributed by atoms with E-state index in [0.29, 0.717) is 17.8 Å². The van der Waals surface area contributed by atoms with Gasteiger partial charge in [0, 0.05) is 22.0 Å². The van der Waals surface area contributed by atoms with Gasteiger partial charge in [-0.2, -0.15) is 0 Å². The van der Waals surface area contributed by atoms with Crippen molar-refractivity contribution in [1.82, 2.24) is 4.57 Å². The highest BCUT2D eigenvalue weighted by atomic mass is 79.9. The third-order valence-electron chi connectivity index (χ3n) is 5.32. The van der Waals surface area contributed by atoms with E-state index in [1.165, 1.54) is 0 Å². The van der Waals surface area contributed by atoms with E-state index in [1.807, 2.05) is 72.8 Å². The molecular weight excluding hydrogens is 426 g/mol. The zero-order valence-electron chi connectivity index (χ0n) is 15.9. The standard InChI is InChI=1S/C25H18BrNO2/c1-2-27-23-18(14-9-15-19(23)26)22-20(16-10-5-3-6-11-16)21(25(28)29-24(22)27)17-12-7-4-8-13-17/h3-15H,2H2,1H3. The Labute approximate surface area is 176 Å². The van der Waals surface area contributed by atoms with Crippen LogP contribution >= 0.6 is 15.9 Å². The molecule has 0 aliphatic heterocycles. The van der Waals surface area contributed by atoms with Gasteiger partial charge >= 0.3 is 5.63 Å². The summed E-state index contributed by atoms with van der Waals surface area (Å²) in [4.78, 5) is 13.3. The molecule has 0 amide bonds. The number of para-hydroxylation sites is 1. The van der Waals surface area contributed by atoms with Gasteiger partial charge in [-0.1, -0.05) is 72.8 Å². The van der Waals surface area contributed by atoms with Crippen LogP contribution in [0, 0.1) is 0 Å². The minimum Gasteiger partial charge on any atom is -0.405 e. The van der Waals surface area contributed by atoms with Crippen molar-refractivity contribution in [3.63, 3.8) is 0 Å². The Bertz CT molecular complexity index is 1400. The fourth-order valence-corrected chi connectivity index (χ4v) is 4.70. The maximum absolute atomic E-state index is 13.3. The lowest BCUT2D eigenvalue weighted by Gasteiger charge is -2.11. The predicted molar refractivity (Wildman–Crippen MR) is 122 cm³/mol. The molecule has 0 spiro atoms. The van der Waals surface area contributed by atoms with E-state index < -0.39 is 0 Å². The van der Waals surface area contributed by atoms with Gasteiger partial charge in [-0.15, -0.1) is 0 Å². The fraction of sp³-hybridized carbons (Fsp3) is 0.0800. The molecular formula is C25H18BrNO2. The summed E-state index contributed by atoms with van der Waals surface area (Å²) in [5.41, 5.74) is 4.69. The van der Waals surface area contributed by atoms with E-state index in [9.17, 15) is 4.79 Å². The summed E-state index contributed by atoms with van der Waals surface area (Å²) < 4.78 is 9.01. The summed E-state index contributed by atoms with van der Waals surface area (Å²) in [5, 5.41) is 2.03. The maximum Gasteiger partial charge on any atom is 0.346 e. The van der Waals surface area contributed by atoms with Gasteiger partial charge in [-0.3, -0.25) is 0 Å². The number of hydrogen-bond acceptors (Lipinski definition) is 2. The third kappa shape index (κ3) is 2.75. The van der Waals surface area contributed by atoms with E-state index in [-0.39, 0.29) is 5.63 Å². The highest BCUT2D eigenvalue weighted by Crippen LogP contribution is 2.42. The van der Waals surface area contributed by atoms with E-state index in [0.717, 1.165) is 37.5 Å². The molecule has 0 saturated carbocycles. The molecule has 2 aromatic heterocycles. The van der Waals surface area contributed by atoms with Crippen molar-refractivity contribution in [2.24, 2.45) is 0 Å². The molecule has 0 unspecified atom stereocenters. The minimum absolute atomic E-state index is 0.323. The Kier molecular flexibility index (Phi) is 4.36. The number of halogens is 1. The zero-order valence-corrected chi connectivity index (χ0v) is 17.4. The van der Waals surface area contributed by atoms with Crippen molar-refractivity contribution in [2.45, 2.75) is 13.5 Å². The Morgan fingerprint density at radius 2 is 1.45 bits per heavy atom. The first-order chi connectivity index (χ1) is 14.2. The van der Waals surface area contributed by atoms with Gasteiger partial charge in [0.15, 0.2) is 0 Å². The molecule has 0 N–H and O–H groups in total. The van der Waals surface area contributed by atoms with Crippen LogP contribution in [0.4, 0.5) is 0 Å². The fourth-order valence-electron chi connectivity index (χ4n) is 4.12. The van der Waals surface area contributed by atoms with Crippen LogP contribution in [0.1, 0.15) is 6.92 Å². The van der Waals surface area contributed by atoms with Gasteiger partial charge in [0.1, 0.15) is 0 Å². The second-order valence-corrected chi connectivity index (χ2v) is 7.79. The molecule has 0 bridgehead atoms. The van der Waals surface area contributed by atoms with Crippen molar-refractivity contribution in [1.29, 1.82) is 0 Å². The van der Waals surface area contributed by atoms with Crippen LogP contribution in [-0.2, 0) is 6.54 Å². The molecule has 3 nitrogen and oxygen atoms in total. The van der Waals surface area contributed by atoms with E-state index >= 15 is 0 Å². The van der Waals surface area contributed by atoms with Crippen molar-refractivity contribution < 1.29 is 4.42 Å². The molecule has 5 rings (SSSR count). The number of aromatic nitrogens is 1. The second kappa shape index (κ2) is 7.05. The molecule has 0 fully saturated rings. The lowest BCUT2D eigenvalue weighted by atomic mass is 9.93. The van der Waals surface area contributed by atoms with Crippen molar-refractivity contribution in [3.05, 3.63) is 93.8 Å². The highest BCUT2D eigenvalue weighted by molar-refractivity contribution is 9.10. The average Bonchev–Trinajstić information content (AvgIpc) is 3.08. The van der Waals surface area contributed by atoms with E-state index in [4.69, 9.17) is 4.42 Å². The van der Waals surface area contributed by atoms with Gasteiger partial charge in [0.05, 0.1) is 16.5 Å². The molecule has 0 aliphatic carbocycles. The van der Waals surface area contributed by atoms with Crippen molar-refractivity contribution in [3.8, 4) is 22.3 Å². The van der Waals surface area contributed by atoms with Gasteiger partial charge in [0.25, 0.3) is 0 Å². The third-order valence-corrected chi connectivity index (χ3v) is 5.96. The summed E-state index contributed by atoms with van der Waals surface area (Å²) in [7, 11) is 0. The quantitative estimate of drug-likeness (QED) is 0.305. The molecule has 5 aromatic rings. The number of hydrogen-bond donors (Lipinski definition) is 0. The Morgan fingerprint density at radius 1 is 0.828 bits per heavy atom. The molecule has 0 atom stereocenters. The van der Waals surface area contributed by atoms with E-state index in [1.54, 1.807) is 0 Å². The Hall–Kier alpha value is -3.11. The van der Waals surface area contributed by atoms with Crippen LogP contribution < -0.4 is 5.63 Å². The monoisotopic (exact) mass is 443 g/mol. The normalized spacial score (nSPS) is 11.4. The summed E-state index contributed by atoms with van der Waals surface area (Å²) in [6.07, 6.45) is 0.